The molecule has 1 atom stereocenters. The molecule has 134 valence electrons. The van der Waals surface area contributed by atoms with Crippen molar-refractivity contribution >= 4 is 23.6 Å². The van der Waals surface area contributed by atoms with Crippen molar-refractivity contribution in [3.63, 3.8) is 0 Å². The summed E-state index contributed by atoms with van der Waals surface area (Å²) in [6, 6.07) is 7.59. The van der Waals surface area contributed by atoms with Gasteiger partial charge in [0.15, 0.2) is 0 Å². The van der Waals surface area contributed by atoms with E-state index < -0.39 is 17.0 Å². The van der Waals surface area contributed by atoms with Crippen molar-refractivity contribution in [1.29, 1.82) is 5.26 Å². The van der Waals surface area contributed by atoms with Gasteiger partial charge in [-0.2, -0.15) is 5.26 Å². The van der Waals surface area contributed by atoms with Gasteiger partial charge in [0.25, 0.3) is 0 Å². The summed E-state index contributed by atoms with van der Waals surface area (Å²) in [7, 11) is 0. The molecule has 2 rings (SSSR count). The maximum absolute atomic E-state index is 11.2. The van der Waals surface area contributed by atoms with Crippen molar-refractivity contribution in [2.24, 2.45) is 5.92 Å². The Kier molecular flexibility index (Phi) is 5.92. The summed E-state index contributed by atoms with van der Waals surface area (Å²) in [6.07, 6.45) is 6.72. The van der Waals surface area contributed by atoms with E-state index in [4.69, 9.17) is 16.7 Å². The van der Waals surface area contributed by atoms with E-state index in [0.29, 0.717) is 5.02 Å². The van der Waals surface area contributed by atoms with Gasteiger partial charge in [-0.05, 0) is 49.8 Å². The Morgan fingerprint density at radius 2 is 2.04 bits per heavy atom. The van der Waals surface area contributed by atoms with Gasteiger partial charge in [-0.25, -0.2) is 0 Å². The number of carboxylic acid groups (broad SMARTS) is 1. The molecule has 1 aliphatic rings. The monoisotopic (exact) mass is 361 g/mol. The number of aliphatic carboxylic acids is 1. The molecule has 1 aromatic carbocycles. The molecule has 5 heteroatoms. The number of halogens is 1. The second kappa shape index (κ2) is 7.59. The van der Waals surface area contributed by atoms with E-state index in [-0.39, 0.29) is 12.3 Å². The lowest BCUT2D eigenvalue weighted by atomic mass is 9.82. The summed E-state index contributed by atoms with van der Waals surface area (Å²) in [5.41, 5.74) is -0.526. The number of rotatable bonds is 6. The Hall–Kier alpha value is -1.83. The first-order valence-corrected chi connectivity index (χ1v) is 8.90. The minimum absolute atomic E-state index is 0.0351. The molecule has 0 amide bonds. The van der Waals surface area contributed by atoms with Crippen LogP contribution in [0.3, 0.4) is 0 Å². The topological polar surface area (TPSA) is 81.3 Å². The number of carbonyl (C=O) groups is 1. The summed E-state index contributed by atoms with van der Waals surface area (Å²) in [5, 5.41) is 29.8. The molecule has 1 unspecified atom stereocenters. The Balaban J connectivity index is 2.28. The third-order valence-electron chi connectivity index (χ3n) is 5.01. The lowest BCUT2D eigenvalue weighted by Gasteiger charge is -2.29. The summed E-state index contributed by atoms with van der Waals surface area (Å²) in [6.45, 7) is 3.60. The Morgan fingerprint density at radius 3 is 2.56 bits per heavy atom. The van der Waals surface area contributed by atoms with Gasteiger partial charge in [0, 0.05) is 5.02 Å². The quantitative estimate of drug-likeness (QED) is 0.778. The normalized spacial score (nSPS) is 18.2. The highest BCUT2D eigenvalue weighted by Crippen LogP contribution is 2.38. The van der Waals surface area contributed by atoms with Crippen LogP contribution in [0.1, 0.15) is 57.1 Å². The number of carboxylic acids is 1. The van der Waals surface area contributed by atoms with Crippen LogP contribution in [0.4, 0.5) is 0 Å². The third-order valence-corrected chi connectivity index (χ3v) is 5.32. The van der Waals surface area contributed by atoms with Crippen LogP contribution in [0, 0.1) is 17.2 Å². The van der Waals surface area contributed by atoms with Gasteiger partial charge in [0.05, 0.1) is 23.5 Å². The van der Waals surface area contributed by atoms with Crippen LogP contribution in [0.2, 0.25) is 5.02 Å². The Morgan fingerprint density at radius 1 is 1.40 bits per heavy atom. The van der Waals surface area contributed by atoms with Crippen LogP contribution in [0.25, 0.3) is 6.08 Å². The lowest BCUT2D eigenvalue weighted by molar-refractivity contribution is -0.142. The first kappa shape index (κ1) is 19.5. The average molecular weight is 362 g/mol. The van der Waals surface area contributed by atoms with Crippen LogP contribution in [-0.4, -0.2) is 21.8 Å². The minimum Gasteiger partial charge on any atom is -0.481 e. The average Bonchev–Trinajstić information content (AvgIpc) is 3.07. The van der Waals surface area contributed by atoms with Crippen molar-refractivity contribution in [3.8, 4) is 6.07 Å². The summed E-state index contributed by atoms with van der Waals surface area (Å²) in [4.78, 5) is 11.2. The van der Waals surface area contributed by atoms with Gasteiger partial charge in [-0.3, -0.25) is 4.79 Å². The van der Waals surface area contributed by atoms with Crippen molar-refractivity contribution in [1.82, 2.24) is 0 Å². The van der Waals surface area contributed by atoms with Crippen molar-refractivity contribution in [2.75, 3.05) is 0 Å². The van der Waals surface area contributed by atoms with E-state index >= 15 is 0 Å². The summed E-state index contributed by atoms with van der Waals surface area (Å²) < 4.78 is 0. The first-order chi connectivity index (χ1) is 11.7. The number of hydrogen-bond donors (Lipinski definition) is 2. The smallest absolute Gasteiger partial charge is 0.306 e. The molecule has 2 N–H and O–H groups in total. The molecular formula is C20H24ClNO3. The standard InChI is InChI=1S/C20H24ClNO3/c1-19(2,13-22)16-8-7-14(11-17(16)21)9-10-20(25,12-18(23)24)15-5-3-4-6-15/h7-11,15,25H,3-6,12H2,1-2H3,(H,23,24)/b10-9+. The lowest BCUT2D eigenvalue weighted by Crippen LogP contribution is -2.36. The largest absolute Gasteiger partial charge is 0.481 e. The SMILES string of the molecule is CC(C)(C#N)c1ccc(/C=C/C(O)(CC(=O)O)C2CCCC2)cc1Cl. The number of hydrogen-bond acceptors (Lipinski definition) is 3. The minimum atomic E-state index is -1.35. The van der Waals surface area contributed by atoms with Crippen LogP contribution in [0.5, 0.6) is 0 Å². The predicted molar refractivity (Wildman–Crippen MR) is 98.3 cm³/mol. The van der Waals surface area contributed by atoms with Crippen molar-refractivity contribution in [2.45, 2.75) is 57.0 Å². The van der Waals surface area contributed by atoms with Gasteiger partial charge >= 0.3 is 5.97 Å². The molecule has 1 aliphatic carbocycles. The summed E-state index contributed by atoms with van der Waals surface area (Å²) in [5.74, 6) is -1.05. The maximum atomic E-state index is 11.2. The zero-order valence-corrected chi connectivity index (χ0v) is 15.4. The first-order valence-electron chi connectivity index (χ1n) is 8.52. The fourth-order valence-corrected chi connectivity index (χ4v) is 3.88. The van der Waals surface area contributed by atoms with E-state index in [1.54, 1.807) is 38.1 Å². The van der Waals surface area contributed by atoms with E-state index in [0.717, 1.165) is 36.8 Å². The van der Waals surface area contributed by atoms with Crippen LogP contribution in [0.15, 0.2) is 24.3 Å². The van der Waals surface area contributed by atoms with E-state index in [9.17, 15) is 15.2 Å². The zero-order chi connectivity index (χ0) is 18.7. The fraction of sp³-hybridized carbons (Fsp3) is 0.500. The van der Waals surface area contributed by atoms with Gasteiger partial charge in [-0.1, -0.05) is 48.7 Å². The highest BCUT2D eigenvalue weighted by Gasteiger charge is 2.38. The van der Waals surface area contributed by atoms with Gasteiger partial charge in [0.2, 0.25) is 0 Å². The molecule has 4 nitrogen and oxygen atoms in total. The van der Waals surface area contributed by atoms with Gasteiger partial charge in [0.1, 0.15) is 0 Å². The van der Waals surface area contributed by atoms with Crippen LogP contribution < -0.4 is 0 Å². The van der Waals surface area contributed by atoms with E-state index in [1.807, 2.05) is 6.07 Å². The van der Waals surface area contributed by atoms with Crippen molar-refractivity contribution in [3.05, 3.63) is 40.4 Å². The van der Waals surface area contributed by atoms with E-state index in [2.05, 4.69) is 6.07 Å². The fourth-order valence-electron chi connectivity index (χ4n) is 3.45. The Labute approximate surface area is 153 Å². The molecule has 0 saturated heterocycles. The molecule has 1 aromatic rings. The number of aliphatic hydroxyl groups is 1. The molecule has 0 bridgehead atoms. The molecule has 0 aliphatic heterocycles. The highest BCUT2D eigenvalue weighted by atomic mass is 35.5. The molecule has 0 aromatic heterocycles. The third kappa shape index (κ3) is 4.62. The van der Waals surface area contributed by atoms with Gasteiger partial charge < -0.3 is 10.2 Å². The maximum Gasteiger partial charge on any atom is 0.306 e. The second-order valence-electron chi connectivity index (χ2n) is 7.35. The molecule has 0 heterocycles. The van der Waals surface area contributed by atoms with Crippen LogP contribution in [-0.2, 0) is 10.2 Å². The zero-order valence-electron chi connectivity index (χ0n) is 14.6. The molecule has 0 radical (unpaired) electrons. The highest BCUT2D eigenvalue weighted by molar-refractivity contribution is 6.31. The van der Waals surface area contributed by atoms with Gasteiger partial charge in [-0.15, -0.1) is 0 Å². The summed E-state index contributed by atoms with van der Waals surface area (Å²) >= 11 is 6.31. The molecule has 1 fully saturated rings. The molecule has 0 spiro atoms. The molecule has 1 saturated carbocycles. The van der Waals surface area contributed by atoms with E-state index in [1.165, 1.54) is 0 Å². The molecule has 25 heavy (non-hydrogen) atoms. The van der Waals surface area contributed by atoms with Crippen molar-refractivity contribution < 1.29 is 15.0 Å². The molecular weight excluding hydrogens is 338 g/mol. The Bertz CT molecular complexity index is 714. The van der Waals surface area contributed by atoms with Crippen LogP contribution >= 0.6 is 11.6 Å². The second-order valence-corrected chi connectivity index (χ2v) is 7.76. The predicted octanol–water partition coefficient (Wildman–Crippen LogP) is 4.55. The number of nitrogens with zero attached hydrogens (tertiary/aromatic N) is 1. The number of nitriles is 1. The number of benzene rings is 1.